The second-order valence-corrected chi connectivity index (χ2v) is 20.5. The monoisotopic (exact) mass is 938 g/mol. The van der Waals surface area contributed by atoms with Gasteiger partial charge < -0.3 is 40.3 Å². The zero-order valence-electron chi connectivity index (χ0n) is 43.5. The number of unbranched alkanes of at least 4 members (excludes halogenated alkanes) is 40. The van der Waals surface area contributed by atoms with Crippen molar-refractivity contribution in [3.05, 3.63) is 12.2 Å². The molecule has 0 aromatic rings. The summed E-state index contributed by atoms with van der Waals surface area (Å²) in [6, 6.07) is -0.796. The number of nitrogens with one attached hydrogen (secondary N) is 1. The minimum atomic E-state index is -1.56. The zero-order chi connectivity index (χ0) is 48.0. The van der Waals surface area contributed by atoms with E-state index in [9.17, 15) is 30.3 Å². The Labute approximate surface area is 407 Å². The highest BCUT2D eigenvalue weighted by Gasteiger charge is 2.44. The van der Waals surface area contributed by atoms with Crippen LogP contribution in [0.3, 0.4) is 0 Å². The highest BCUT2D eigenvalue weighted by Crippen LogP contribution is 2.23. The number of rotatable bonds is 50. The Morgan fingerprint density at radius 2 is 0.833 bits per heavy atom. The highest BCUT2D eigenvalue weighted by molar-refractivity contribution is 5.76. The summed E-state index contributed by atoms with van der Waals surface area (Å²) in [5.41, 5.74) is 0. The maximum absolute atomic E-state index is 12.9. The van der Waals surface area contributed by atoms with Crippen LogP contribution < -0.4 is 5.32 Å². The number of aliphatic hydroxyl groups is 5. The summed E-state index contributed by atoms with van der Waals surface area (Å²) in [5, 5.41) is 53.8. The van der Waals surface area contributed by atoms with Gasteiger partial charge in [0.05, 0.1) is 25.4 Å². The zero-order valence-corrected chi connectivity index (χ0v) is 43.5. The van der Waals surface area contributed by atoms with Crippen molar-refractivity contribution in [3.8, 4) is 0 Å². The molecule has 1 fully saturated rings. The van der Waals surface area contributed by atoms with Crippen LogP contribution in [0.2, 0.25) is 0 Å². The van der Waals surface area contributed by atoms with E-state index in [0.29, 0.717) is 6.42 Å². The molecule has 1 aliphatic heterocycles. The Balaban J connectivity index is 1.91. The largest absolute Gasteiger partial charge is 0.394 e. The summed E-state index contributed by atoms with van der Waals surface area (Å²) < 4.78 is 11.1. The van der Waals surface area contributed by atoms with E-state index < -0.39 is 49.5 Å². The van der Waals surface area contributed by atoms with Crippen LogP contribution in [0.15, 0.2) is 12.2 Å². The average molecular weight is 939 g/mol. The smallest absolute Gasteiger partial charge is 0.220 e. The molecule has 9 nitrogen and oxygen atoms in total. The van der Waals surface area contributed by atoms with Crippen LogP contribution in [0, 0.1) is 0 Å². The molecular formula is C57H111NO8. The van der Waals surface area contributed by atoms with Crippen molar-refractivity contribution in [2.75, 3.05) is 13.2 Å². The first-order chi connectivity index (χ1) is 32.3. The SMILES string of the molecule is CCCCC/C=C/C(O)C(COC1OC(CO)C(O)C(O)C1O)NC(=O)CCCCCCCCCCCCCCCCCCCCCCCCCCCCCCCCCCCCCCCC. The number of allylic oxidation sites excluding steroid dienone is 1. The van der Waals surface area contributed by atoms with Gasteiger partial charge in [-0.3, -0.25) is 4.79 Å². The quantitative estimate of drug-likeness (QED) is 0.0261. The van der Waals surface area contributed by atoms with Crippen molar-refractivity contribution in [1.82, 2.24) is 5.32 Å². The molecule has 1 amide bonds. The Morgan fingerprint density at radius 3 is 1.18 bits per heavy atom. The van der Waals surface area contributed by atoms with Gasteiger partial charge in [0, 0.05) is 6.42 Å². The van der Waals surface area contributed by atoms with Gasteiger partial charge >= 0.3 is 0 Å². The first kappa shape index (κ1) is 62.9. The summed E-state index contributed by atoms with van der Waals surface area (Å²) in [5.74, 6) is -0.178. The van der Waals surface area contributed by atoms with Crippen LogP contribution in [0.25, 0.3) is 0 Å². The molecule has 6 N–H and O–H groups in total. The summed E-state index contributed by atoms with van der Waals surface area (Å²) >= 11 is 0. The third-order valence-corrected chi connectivity index (χ3v) is 14.1. The fourth-order valence-corrected chi connectivity index (χ4v) is 9.51. The molecule has 9 heteroatoms. The molecule has 7 unspecified atom stereocenters. The fourth-order valence-electron chi connectivity index (χ4n) is 9.51. The molecular weight excluding hydrogens is 827 g/mol. The Bertz CT molecular complexity index is 1040. The van der Waals surface area contributed by atoms with Crippen molar-refractivity contribution in [1.29, 1.82) is 0 Å². The van der Waals surface area contributed by atoms with Crippen LogP contribution in [0.1, 0.15) is 290 Å². The van der Waals surface area contributed by atoms with E-state index in [1.165, 1.54) is 225 Å². The van der Waals surface area contributed by atoms with Crippen LogP contribution in [-0.2, 0) is 14.3 Å². The first-order valence-electron chi connectivity index (χ1n) is 28.9. The standard InChI is InChI=1S/C57H111NO8/c1-3-5-7-9-10-11-12-13-14-15-16-17-18-19-20-21-22-23-24-25-26-27-28-29-30-31-32-33-34-35-36-37-38-39-40-41-43-45-47-53(61)58-50(51(60)46-44-42-8-6-4-2)49-65-57-56(64)55(63)54(62)52(48-59)66-57/h44,46,50-52,54-57,59-60,62-64H,3-43,45,47-49H2,1-2H3,(H,58,61)/b46-44+. The predicted octanol–water partition coefficient (Wildman–Crippen LogP) is 14.0. The lowest BCUT2D eigenvalue weighted by atomic mass is 9.99. The molecule has 0 aliphatic carbocycles. The Hall–Kier alpha value is -1.07. The molecule has 0 radical (unpaired) electrons. The number of ether oxygens (including phenoxy) is 2. The second kappa shape index (κ2) is 47.6. The lowest BCUT2D eigenvalue weighted by Crippen LogP contribution is -2.60. The molecule has 66 heavy (non-hydrogen) atoms. The van der Waals surface area contributed by atoms with E-state index in [1.807, 2.05) is 6.08 Å². The van der Waals surface area contributed by atoms with Crippen molar-refractivity contribution in [2.45, 2.75) is 333 Å². The van der Waals surface area contributed by atoms with Crippen molar-refractivity contribution in [2.24, 2.45) is 0 Å². The van der Waals surface area contributed by atoms with Gasteiger partial charge in [0.2, 0.25) is 5.91 Å². The van der Waals surface area contributed by atoms with E-state index in [4.69, 9.17) is 9.47 Å². The molecule has 1 saturated heterocycles. The summed E-state index contributed by atoms with van der Waals surface area (Å²) in [6.45, 7) is 3.69. The fraction of sp³-hybridized carbons (Fsp3) is 0.947. The minimum absolute atomic E-state index is 0.178. The van der Waals surface area contributed by atoms with Crippen LogP contribution in [0.5, 0.6) is 0 Å². The molecule has 1 rings (SSSR count). The molecule has 1 aliphatic rings. The van der Waals surface area contributed by atoms with Crippen molar-refractivity contribution >= 4 is 5.91 Å². The van der Waals surface area contributed by atoms with E-state index in [0.717, 1.165) is 44.9 Å². The third-order valence-electron chi connectivity index (χ3n) is 14.1. The second-order valence-electron chi connectivity index (χ2n) is 20.5. The Morgan fingerprint density at radius 1 is 0.500 bits per heavy atom. The number of aliphatic hydroxyl groups excluding tert-OH is 5. The van der Waals surface area contributed by atoms with E-state index in [-0.39, 0.29) is 12.5 Å². The van der Waals surface area contributed by atoms with Crippen LogP contribution >= 0.6 is 0 Å². The Kier molecular flexibility index (Phi) is 45.4. The molecule has 7 atom stereocenters. The number of hydrogen-bond donors (Lipinski definition) is 6. The molecule has 0 spiro atoms. The average Bonchev–Trinajstić information content (AvgIpc) is 3.32. The summed E-state index contributed by atoms with van der Waals surface area (Å²) in [6.07, 6.45) is 52.5. The van der Waals surface area contributed by atoms with Gasteiger partial charge in [0.15, 0.2) is 6.29 Å². The number of amides is 1. The summed E-state index contributed by atoms with van der Waals surface area (Å²) in [7, 11) is 0. The van der Waals surface area contributed by atoms with Crippen molar-refractivity contribution in [3.63, 3.8) is 0 Å². The summed E-state index contributed by atoms with van der Waals surface area (Å²) in [4.78, 5) is 12.9. The maximum Gasteiger partial charge on any atom is 0.220 e. The molecule has 0 bridgehead atoms. The first-order valence-corrected chi connectivity index (χ1v) is 28.9. The molecule has 0 aromatic heterocycles. The van der Waals surface area contributed by atoms with E-state index in [1.54, 1.807) is 6.08 Å². The number of hydrogen-bond acceptors (Lipinski definition) is 8. The predicted molar refractivity (Wildman–Crippen MR) is 277 cm³/mol. The van der Waals surface area contributed by atoms with Gasteiger partial charge in [-0.2, -0.15) is 0 Å². The molecule has 1 heterocycles. The van der Waals surface area contributed by atoms with E-state index >= 15 is 0 Å². The third kappa shape index (κ3) is 36.9. The van der Waals surface area contributed by atoms with Gasteiger partial charge in [-0.05, 0) is 19.3 Å². The van der Waals surface area contributed by atoms with Gasteiger partial charge in [-0.25, -0.2) is 0 Å². The lowest BCUT2D eigenvalue weighted by molar-refractivity contribution is -0.302. The van der Waals surface area contributed by atoms with Crippen LogP contribution in [0.4, 0.5) is 0 Å². The van der Waals surface area contributed by atoms with Gasteiger partial charge in [-0.15, -0.1) is 0 Å². The molecule has 0 aromatic carbocycles. The minimum Gasteiger partial charge on any atom is -0.394 e. The highest BCUT2D eigenvalue weighted by atomic mass is 16.7. The molecule has 0 saturated carbocycles. The van der Waals surface area contributed by atoms with Gasteiger partial charge in [0.25, 0.3) is 0 Å². The topological polar surface area (TPSA) is 149 Å². The maximum atomic E-state index is 12.9. The van der Waals surface area contributed by atoms with Gasteiger partial charge in [-0.1, -0.05) is 276 Å². The van der Waals surface area contributed by atoms with Crippen molar-refractivity contribution < 1.29 is 39.8 Å². The number of carbonyl (C=O) groups excluding carboxylic acids is 1. The van der Waals surface area contributed by atoms with Crippen LogP contribution in [-0.4, -0.2) is 87.5 Å². The number of carbonyl (C=O) groups is 1. The normalized spacial score (nSPS) is 19.8. The van der Waals surface area contributed by atoms with E-state index in [2.05, 4.69) is 19.2 Å². The lowest BCUT2D eigenvalue weighted by Gasteiger charge is -2.40. The van der Waals surface area contributed by atoms with Gasteiger partial charge in [0.1, 0.15) is 24.4 Å². The molecule has 392 valence electrons.